The second-order valence-electron chi connectivity index (χ2n) is 5.06. The molecule has 18 heavy (non-hydrogen) atoms. The van der Waals surface area contributed by atoms with Crippen LogP contribution in [0.25, 0.3) is 0 Å². The topological polar surface area (TPSA) is 58.6 Å². The molecule has 0 amide bonds. The summed E-state index contributed by atoms with van der Waals surface area (Å²) in [5.74, 6) is -0.830. The zero-order valence-electron chi connectivity index (χ0n) is 10.1. The first kappa shape index (κ1) is 11.7. The van der Waals surface area contributed by atoms with Crippen molar-refractivity contribution in [1.29, 1.82) is 0 Å². The molecule has 3 rings (SSSR count). The molecule has 2 aliphatic heterocycles. The van der Waals surface area contributed by atoms with Crippen molar-refractivity contribution in [2.45, 2.75) is 43.6 Å². The Labute approximate surface area is 106 Å². The molecular formula is C14H17NO3. The van der Waals surface area contributed by atoms with Gasteiger partial charge in [0.25, 0.3) is 0 Å². The van der Waals surface area contributed by atoms with Gasteiger partial charge in [0.1, 0.15) is 6.04 Å². The predicted molar refractivity (Wildman–Crippen MR) is 66.3 cm³/mol. The molecule has 4 nitrogen and oxygen atoms in total. The van der Waals surface area contributed by atoms with Crippen molar-refractivity contribution in [2.24, 2.45) is 0 Å². The van der Waals surface area contributed by atoms with E-state index in [1.54, 1.807) is 0 Å². The number of carboxylic acid groups (broad SMARTS) is 1. The lowest BCUT2D eigenvalue weighted by molar-refractivity contribution is -0.140. The zero-order valence-corrected chi connectivity index (χ0v) is 10.1. The SMILES string of the molecule is O=C(O)C(NC1CC2CCC1O2)c1ccccc1. The van der Waals surface area contributed by atoms with E-state index in [0.717, 1.165) is 24.8 Å². The van der Waals surface area contributed by atoms with Gasteiger partial charge in [0, 0.05) is 6.04 Å². The molecule has 2 aliphatic rings. The highest BCUT2D eigenvalue weighted by Crippen LogP contribution is 2.35. The van der Waals surface area contributed by atoms with Crippen LogP contribution in [0, 0.1) is 0 Å². The van der Waals surface area contributed by atoms with Gasteiger partial charge in [0.2, 0.25) is 0 Å². The van der Waals surface area contributed by atoms with Gasteiger partial charge in [-0.15, -0.1) is 0 Å². The molecule has 2 fully saturated rings. The monoisotopic (exact) mass is 247 g/mol. The van der Waals surface area contributed by atoms with Crippen LogP contribution in [0.4, 0.5) is 0 Å². The van der Waals surface area contributed by atoms with Crippen LogP contribution in [0.1, 0.15) is 30.9 Å². The predicted octanol–water partition coefficient (Wildman–Crippen LogP) is 1.72. The smallest absolute Gasteiger partial charge is 0.325 e. The fraction of sp³-hybridized carbons (Fsp3) is 0.500. The van der Waals surface area contributed by atoms with Crippen molar-refractivity contribution in [1.82, 2.24) is 5.32 Å². The molecular weight excluding hydrogens is 230 g/mol. The van der Waals surface area contributed by atoms with Gasteiger partial charge in [-0.1, -0.05) is 30.3 Å². The van der Waals surface area contributed by atoms with E-state index in [1.807, 2.05) is 30.3 Å². The highest BCUT2D eigenvalue weighted by molar-refractivity contribution is 5.75. The Hall–Kier alpha value is -1.39. The van der Waals surface area contributed by atoms with Gasteiger partial charge in [-0.25, -0.2) is 0 Å². The van der Waals surface area contributed by atoms with E-state index in [9.17, 15) is 9.90 Å². The van der Waals surface area contributed by atoms with Crippen molar-refractivity contribution in [3.63, 3.8) is 0 Å². The number of ether oxygens (including phenoxy) is 1. The number of hydrogen-bond acceptors (Lipinski definition) is 3. The summed E-state index contributed by atoms with van der Waals surface area (Å²) in [7, 11) is 0. The number of aliphatic carboxylic acids is 1. The minimum Gasteiger partial charge on any atom is -0.480 e. The van der Waals surface area contributed by atoms with Gasteiger partial charge in [-0.2, -0.15) is 0 Å². The largest absolute Gasteiger partial charge is 0.480 e. The van der Waals surface area contributed by atoms with E-state index in [4.69, 9.17) is 4.74 Å². The minimum atomic E-state index is -0.830. The van der Waals surface area contributed by atoms with Gasteiger partial charge in [-0.05, 0) is 24.8 Å². The van der Waals surface area contributed by atoms with Gasteiger partial charge in [0.05, 0.1) is 12.2 Å². The van der Waals surface area contributed by atoms with Crippen LogP contribution >= 0.6 is 0 Å². The summed E-state index contributed by atoms with van der Waals surface area (Å²) in [5, 5.41) is 12.6. The first-order chi connectivity index (χ1) is 8.74. The fourth-order valence-electron chi connectivity index (χ4n) is 2.98. The Morgan fingerprint density at radius 1 is 1.33 bits per heavy atom. The zero-order chi connectivity index (χ0) is 12.5. The van der Waals surface area contributed by atoms with Crippen molar-refractivity contribution in [3.05, 3.63) is 35.9 Å². The molecule has 4 unspecified atom stereocenters. The van der Waals surface area contributed by atoms with Crippen LogP contribution in [0.3, 0.4) is 0 Å². The van der Waals surface area contributed by atoms with E-state index in [1.165, 1.54) is 0 Å². The average Bonchev–Trinajstić information content (AvgIpc) is 2.98. The molecule has 2 bridgehead atoms. The summed E-state index contributed by atoms with van der Waals surface area (Å²) in [6.07, 6.45) is 3.62. The van der Waals surface area contributed by atoms with Crippen molar-refractivity contribution in [2.75, 3.05) is 0 Å². The summed E-state index contributed by atoms with van der Waals surface area (Å²) in [6.45, 7) is 0. The first-order valence-corrected chi connectivity index (χ1v) is 6.43. The second-order valence-corrected chi connectivity index (χ2v) is 5.06. The van der Waals surface area contributed by atoms with Crippen LogP contribution in [-0.2, 0) is 9.53 Å². The third-order valence-corrected chi connectivity index (χ3v) is 3.87. The van der Waals surface area contributed by atoms with E-state index in [-0.39, 0.29) is 12.1 Å². The molecule has 0 aromatic heterocycles. The number of nitrogens with one attached hydrogen (secondary N) is 1. The third kappa shape index (κ3) is 2.13. The lowest BCUT2D eigenvalue weighted by Gasteiger charge is -2.24. The highest BCUT2D eigenvalue weighted by Gasteiger charge is 2.42. The molecule has 0 radical (unpaired) electrons. The Balaban J connectivity index is 1.73. The van der Waals surface area contributed by atoms with Gasteiger partial charge in [0.15, 0.2) is 0 Å². The lowest BCUT2D eigenvalue weighted by atomic mass is 9.94. The Morgan fingerprint density at radius 3 is 2.67 bits per heavy atom. The van der Waals surface area contributed by atoms with Crippen LogP contribution in [0.2, 0.25) is 0 Å². The Kier molecular flexibility index (Phi) is 3.06. The summed E-state index contributed by atoms with van der Waals surface area (Å²) < 4.78 is 5.75. The third-order valence-electron chi connectivity index (χ3n) is 3.87. The van der Waals surface area contributed by atoms with Crippen molar-refractivity contribution >= 4 is 5.97 Å². The maximum atomic E-state index is 11.4. The average molecular weight is 247 g/mol. The van der Waals surface area contributed by atoms with E-state index in [0.29, 0.717) is 6.10 Å². The maximum absolute atomic E-state index is 11.4. The molecule has 0 spiro atoms. The number of benzene rings is 1. The minimum absolute atomic E-state index is 0.171. The van der Waals surface area contributed by atoms with Crippen LogP contribution in [-0.4, -0.2) is 29.3 Å². The van der Waals surface area contributed by atoms with Gasteiger partial charge < -0.3 is 9.84 Å². The molecule has 4 heteroatoms. The van der Waals surface area contributed by atoms with Crippen LogP contribution in [0.5, 0.6) is 0 Å². The fourth-order valence-corrected chi connectivity index (χ4v) is 2.98. The molecule has 2 heterocycles. The summed E-state index contributed by atoms with van der Waals surface area (Å²) >= 11 is 0. The number of carbonyl (C=O) groups is 1. The van der Waals surface area contributed by atoms with Crippen LogP contribution < -0.4 is 5.32 Å². The number of rotatable bonds is 4. The molecule has 96 valence electrons. The standard InChI is InChI=1S/C14H17NO3/c16-14(17)13(9-4-2-1-3-5-9)15-11-8-10-6-7-12(11)18-10/h1-5,10-13,15H,6-8H2,(H,16,17). The molecule has 2 saturated heterocycles. The lowest BCUT2D eigenvalue weighted by Crippen LogP contribution is -2.42. The number of carboxylic acids is 1. The molecule has 2 N–H and O–H groups in total. The number of hydrogen-bond donors (Lipinski definition) is 2. The van der Waals surface area contributed by atoms with Crippen molar-refractivity contribution in [3.8, 4) is 0 Å². The normalized spacial score (nSPS) is 31.4. The summed E-state index contributed by atoms with van der Waals surface area (Å²) in [5.41, 5.74) is 0.799. The quantitative estimate of drug-likeness (QED) is 0.850. The summed E-state index contributed by atoms with van der Waals surface area (Å²) in [6, 6.07) is 8.85. The molecule has 1 aromatic rings. The Bertz CT molecular complexity index is 434. The highest BCUT2D eigenvalue weighted by atomic mass is 16.5. The van der Waals surface area contributed by atoms with Gasteiger partial charge >= 0.3 is 5.97 Å². The summed E-state index contributed by atoms with van der Waals surface area (Å²) in [4.78, 5) is 11.4. The van der Waals surface area contributed by atoms with Gasteiger partial charge in [-0.3, -0.25) is 10.1 Å². The molecule has 0 saturated carbocycles. The number of fused-ring (bicyclic) bond motifs is 2. The van der Waals surface area contributed by atoms with Crippen molar-refractivity contribution < 1.29 is 14.6 Å². The maximum Gasteiger partial charge on any atom is 0.325 e. The molecule has 0 aliphatic carbocycles. The molecule has 4 atom stereocenters. The van der Waals surface area contributed by atoms with E-state index < -0.39 is 12.0 Å². The second kappa shape index (κ2) is 4.71. The molecule has 1 aromatic carbocycles. The Morgan fingerprint density at radius 2 is 2.11 bits per heavy atom. The van der Waals surface area contributed by atoms with Crippen LogP contribution in [0.15, 0.2) is 30.3 Å². The van der Waals surface area contributed by atoms with E-state index >= 15 is 0 Å². The first-order valence-electron chi connectivity index (χ1n) is 6.43. The van der Waals surface area contributed by atoms with E-state index in [2.05, 4.69) is 5.32 Å².